The van der Waals surface area contributed by atoms with Gasteiger partial charge >= 0.3 is 5.97 Å². The minimum absolute atomic E-state index is 0.0600. The van der Waals surface area contributed by atoms with Crippen molar-refractivity contribution in [3.63, 3.8) is 0 Å². The number of halogens is 1. The summed E-state index contributed by atoms with van der Waals surface area (Å²) in [7, 11) is 1.74. The summed E-state index contributed by atoms with van der Waals surface area (Å²) in [6.07, 6.45) is 3.35. The topological polar surface area (TPSA) is 65.1 Å². The van der Waals surface area contributed by atoms with Gasteiger partial charge in [-0.3, -0.25) is 4.79 Å². The van der Waals surface area contributed by atoms with E-state index in [0.29, 0.717) is 35.1 Å². The number of amides is 1. The van der Waals surface area contributed by atoms with Crippen molar-refractivity contribution in [3.8, 4) is 11.5 Å². The molecule has 1 aromatic carbocycles. The van der Waals surface area contributed by atoms with Crippen LogP contribution in [0.5, 0.6) is 11.5 Å². The standard InChI is InChI=1S/C16H16ClNO5/c1-18-7-11(6-14(18)19)8-21-15(20)3-2-10-4-12(17)16-13(5-10)22-9-23-16/h2-5,11H,6-9H2,1H3/b3-2+. The van der Waals surface area contributed by atoms with Crippen molar-refractivity contribution < 1.29 is 23.8 Å². The van der Waals surface area contributed by atoms with E-state index < -0.39 is 5.97 Å². The number of rotatable bonds is 4. The second-order valence-corrected chi connectivity index (χ2v) is 5.95. The monoisotopic (exact) mass is 337 g/mol. The molecule has 0 N–H and O–H groups in total. The van der Waals surface area contributed by atoms with E-state index in [-0.39, 0.29) is 25.2 Å². The Kier molecular flexibility index (Phi) is 4.43. The molecule has 0 aromatic heterocycles. The van der Waals surface area contributed by atoms with Gasteiger partial charge in [-0.15, -0.1) is 0 Å². The fraction of sp³-hybridized carbons (Fsp3) is 0.375. The lowest BCUT2D eigenvalue weighted by Gasteiger charge is -2.09. The second-order valence-electron chi connectivity index (χ2n) is 5.54. The van der Waals surface area contributed by atoms with Gasteiger partial charge in [-0.2, -0.15) is 0 Å². The van der Waals surface area contributed by atoms with Gasteiger partial charge in [-0.25, -0.2) is 4.79 Å². The molecule has 2 aliphatic rings. The maximum atomic E-state index is 11.8. The molecule has 2 aliphatic heterocycles. The summed E-state index contributed by atoms with van der Waals surface area (Å²) < 4.78 is 15.7. The maximum Gasteiger partial charge on any atom is 0.330 e. The van der Waals surface area contributed by atoms with E-state index in [0.717, 1.165) is 0 Å². The van der Waals surface area contributed by atoms with E-state index in [1.807, 2.05) is 0 Å². The number of carbonyl (C=O) groups excluding carboxylic acids is 2. The predicted molar refractivity (Wildman–Crippen MR) is 83.3 cm³/mol. The van der Waals surface area contributed by atoms with Crippen LogP contribution < -0.4 is 9.47 Å². The quantitative estimate of drug-likeness (QED) is 0.622. The number of benzene rings is 1. The van der Waals surface area contributed by atoms with Crippen molar-refractivity contribution in [1.82, 2.24) is 4.90 Å². The third kappa shape index (κ3) is 3.59. The number of hydrogen-bond acceptors (Lipinski definition) is 5. The second kappa shape index (κ2) is 6.50. The van der Waals surface area contributed by atoms with Crippen LogP contribution in [0.25, 0.3) is 6.08 Å². The minimum atomic E-state index is -0.458. The zero-order valence-electron chi connectivity index (χ0n) is 12.6. The Morgan fingerprint density at radius 2 is 2.30 bits per heavy atom. The number of carbonyl (C=O) groups is 2. The molecule has 122 valence electrons. The van der Waals surface area contributed by atoms with Crippen LogP contribution in [0, 0.1) is 5.92 Å². The molecule has 0 saturated carbocycles. The molecule has 1 aromatic rings. The summed E-state index contributed by atoms with van der Waals surface area (Å²) in [5.74, 6) is 0.752. The Balaban J connectivity index is 1.55. The van der Waals surface area contributed by atoms with Gasteiger partial charge < -0.3 is 19.1 Å². The Hall–Kier alpha value is -2.21. The van der Waals surface area contributed by atoms with E-state index in [9.17, 15) is 9.59 Å². The van der Waals surface area contributed by atoms with Gasteiger partial charge in [-0.05, 0) is 23.8 Å². The molecule has 6 nitrogen and oxygen atoms in total. The largest absolute Gasteiger partial charge is 0.462 e. The molecule has 0 radical (unpaired) electrons. The highest BCUT2D eigenvalue weighted by Gasteiger charge is 2.27. The Labute approximate surface area is 138 Å². The number of nitrogens with zero attached hydrogens (tertiary/aromatic N) is 1. The fourth-order valence-electron chi connectivity index (χ4n) is 2.56. The lowest BCUT2D eigenvalue weighted by atomic mass is 10.1. The molecular weight excluding hydrogens is 322 g/mol. The Morgan fingerprint density at radius 1 is 1.48 bits per heavy atom. The van der Waals surface area contributed by atoms with Crippen molar-refractivity contribution in [2.75, 3.05) is 27.0 Å². The highest BCUT2D eigenvalue weighted by Crippen LogP contribution is 2.40. The molecule has 1 saturated heterocycles. The molecule has 1 fully saturated rings. The summed E-state index contributed by atoms with van der Waals surface area (Å²) in [5, 5.41) is 0.431. The van der Waals surface area contributed by atoms with Crippen molar-refractivity contribution in [2.24, 2.45) is 5.92 Å². The number of esters is 1. The van der Waals surface area contributed by atoms with Crippen molar-refractivity contribution >= 4 is 29.6 Å². The summed E-state index contributed by atoms with van der Waals surface area (Å²) in [4.78, 5) is 24.8. The Bertz CT molecular complexity index is 673. The summed E-state index contributed by atoms with van der Waals surface area (Å²) in [6, 6.07) is 3.42. The molecule has 7 heteroatoms. The average Bonchev–Trinajstić information content (AvgIpc) is 3.10. The van der Waals surface area contributed by atoms with Crippen LogP contribution >= 0.6 is 11.6 Å². The van der Waals surface area contributed by atoms with Gasteiger partial charge in [0.05, 0.1) is 11.6 Å². The highest BCUT2D eigenvalue weighted by molar-refractivity contribution is 6.32. The van der Waals surface area contributed by atoms with Crippen molar-refractivity contribution in [1.29, 1.82) is 0 Å². The van der Waals surface area contributed by atoms with Crippen LogP contribution in [0.15, 0.2) is 18.2 Å². The first-order valence-corrected chi connectivity index (χ1v) is 7.58. The van der Waals surface area contributed by atoms with Crippen LogP contribution in [0.2, 0.25) is 5.02 Å². The number of likely N-dealkylation sites (tertiary alicyclic amines) is 1. The van der Waals surface area contributed by atoms with Crippen molar-refractivity contribution in [2.45, 2.75) is 6.42 Å². The number of hydrogen-bond donors (Lipinski definition) is 0. The van der Waals surface area contributed by atoms with Crippen molar-refractivity contribution in [3.05, 3.63) is 28.8 Å². The zero-order chi connectivity index (χ0) is 16.4. The first kappa shape index (κ1) is 15.7. The smallest absolute Gasteiger partial charge is 0.330 e. The van der Waals surface area contributed by atoms with Gasteiger partial charge in [0, 0.05) is 32.0 Å². The third-order valence-corrected chi connectivity index (χ3v) is 4.02. The molecule has 0 spiro atoms. The molecule has 3 rings (SSSR count). The van der Waals surface area contributed by atoms with Gasteiger partial charge in [-0.1, -0.05) is 11.6 Å². The molecule has 0 bridgehead atoms. The van der Waals surface area contributed by atoms with E-state index in [1.54, 1.807) is 30.2 Å². The lowest BCUT2D eigenvalue weighted by Crippen LogP contribution is -2.20. The van der Waals surface area contributed by atoms with Crippen LogP contribution in [-0.2, 0) is 14.3 Å². The van der Waals surface area contributed by atoms with E-state index in [4.69, 9.17) is 25.8 Å². The Morgan fingerprint density at radius 3 is 3.04 bits per heavy atom. The normalized spacial score (nSPS) is 19.7. The van der Waals surface area contributed by atoms with Gasteiger partial charge in [0.2, 0.25) is 12.7 Å². The van der Waals surface area contributed by atoms with E-state index in [2.05, 4.69) is 0 Å². The zero-order valence-corrected chi connectivity index (χ0v) is 13.3. The van der Waals surface area contributed by atoms with E-state index in [1.165, 1.54) is 6.08 Å². The summed E-state index contributed by atoms with van der Waals surface area (Å²) in [6.45, 7) is 0.994. The van der Waals surface area contributed by atoms with Crippen LogP contribution in [0.1, 0.15) is 12.0 Å². The number of fused-ring (bicyclic) bond motifs is 1. The molecular formula is C16H16ClNO5. The highest BCUT2D eigenvalue weighted by atomic mass is 35.5. The van der Waals surface area contributed by atoms with Crippen LogP contribution in [0.3, 0.4) is 0 Å². The molecule has 2 heterocycles. The maximum absolute atomic E-state index is 11.8. The first-order valence-electron chi connectivity index (χ1n) is 7.21. The number of ether oxygens (including phenoxy) is 3. The van der Waals surface area contributed by atoms with Gasteiger partial charge in [0.1, 0.15) is 0 Å². The van der Waals surface area contributed by atoms with Crippen LogP contribution in [-0.4, -0.2) is 43.8 Å². The predicted octanol–water partition coefficient (Wildman–Crippen LogP) is 2.10. The molecule has 1 amide bonds. The first-order chi connectivity index (χ1) is 11.0. The molecule has 1 unspecified atom stereocenters. The fourth-order valence-corrected chi connectivity index (χ4v) is 2.84. The summed E-state index contributed by atoms with van der Waals surface area (Å²) in [5.41, 5.74) is 0.715. The summed E-state index contributed by atoms with van der Waals surface area (Å²) >= 11 is 6.07. The molecule has 23 heavy (non-hydrogen) atoms. The van der Waals surface area contributed by atoms with Crippen LogP contribution in [0.4, 0.5) is 0 Å². The van der Waals surface area contributed by atoms with Gasteiger partial charge in [0.25, 0.3) is 0 Å². The van der Waals surface area contributed by atoms with E-state index >= 15 is 0 Å². The SMILES string of the molecule is CN1CC(COC(=O)/C=C/c2cc(Cl)c3c(c2)OCO3)CC1=O. The lowest BCUT2D eigenvalue weighted by molar-refractivity contribution is -0.139. The van der Waals surface area contributed by atoms with Gasteiger partial charge in [0.15, 0.2) is 11.5 Å². The molecule has 1 atom stereocenters. The third-order valence-electron chi connectivity index (χ3n) is 3.74. The molecule has 0 aliphatic carbocycles. The average molecular weight is 338 g/mol. The minimum Gasteiger partial charge on any atom is -0.462 e.